The van der Waals surface area contributed by atoms with Gasteiger partial charge in [-0.3, -0.25) is 4.90 Å². The van der Waals surface area contributed by atoms with Gasteiger partial charge in [0.1, 0.15) is 0 Å². The standard InChI is InChI=1S/C12H26N2OS/c1-4-11-8-14(5-6-16-11)12(7-13)10(2)9-15-3/h10-12H,4-9,13H2,1-3H3. The normalized spacial score (nSPS) is 26.6. The first kappa shape index (κ1) is 14.3. The number of thioether (sulfide) groups is 1. The van der Waals surface area contributed by atoms with Gasteiger partial charge in [-0.15, -0.1) is 0 Å². The molecule has 0 spiro atoms. The molecule has 1 saturated heterocycles. The molecule has 1 rings (SSSR count). The third kappa shape index (κ3) is 3.91. The minimum atomic E-state index is 0.481. The second-order valence-corrected chi connectivity index (χ2v) is 6.04. The summed E-state index contributed by atoms with van der Waals surface area (Å²) in [6.45, 7) is 8.43. The highest BCUT2D eigenvalue weighted by atomic mass is 32.2. The zero-order chi connectivity index (χ0) is 12.0. The van der Waals surface area contributed by atoms with Crippen molar-refractivity contribution in [2.75, 3.05) is 39.1 Å². The lowest BCUT2D eigenvalue weighted by atomic mass is 10.0. The molecule has 1 heterocycles. The van der Waals surface area contributed by atoms with E-state index in [2.05, 4.69) is 30.5 Å². The van der Waals surface area contributed by atoms with Gasteiger partial charge in [-0.2, -0.15) is 11.8 Å². The Morgan fingerprint density at radius 2 is 2.31 bits per heavy atom. The Kier molecular flexibility index (Phi) is 6.73. The second-order valence-electron chi connectivity index (χ2n) is 4.63. The minimum absolute atomic E-state index is 0.481. The van der Waals surface area contributed by atoms with Crippen molar-refractivity contribution >= 4 is 11.8 Å². The fourth-order valence-electron chi connectivity index (χ4n) is 2.41. The number of methoxy groups -OCH3 is 1. The summed E-state index contributed by atoms with van der Waals surface area (Å²) in [5.74, 6) is 1.77. The molecule has 0 radical (unpaired) electrons. The molecule has 3 nitrogen and oxygen atoms in total. The molecule has 0 aromatic heterocycles. The largest absolute Gasteiger partial charge is 0.384 e. The number of ether oxygens (including phenoxy) is 1. The third-order valence-electron chi connectivity index (χ3n) is 3.42. The van der Waals surface area contributed by atoms with Gasteiger partial charge in [-0.05, 0) is 12.3 Å². The molecule has 3 atom stereocenters. The predicted octanol–water partition coefficient (Wildman–Crippen LogP) is 1.42. The van der Waals surface area contributed by atoms with Crippen LogP contribution in [0.4, 0.5) is 0 Å². The second kappa shape index (κ2) is 7.54. The van der Waals surface area contributed by atoms with Gasteiger partial charge >= 0.3 is 0 Å². The molecule has 16 heavy (non-hydrogen) atoms. The van der Waals surface area contributed by atoms with Gasteiger partial charge in [0.05, 0.1) is 6.61 Å². The smallest absolute Gasteiger partial charge is 0.0503 e. The van der Waals surface area contributed by atoms with Crippen LogP contribution in [0.25, 0.3) is 0 Å². The van der Waals surface area contributed by atoms with Gasteiger partial charge in [0, 0.05) is 43.8 Å². The van der Waals surface area contributed by atoms with Crippen molar-refractivity contribution in [3.63, 3.8) is 0 Å². The van der Waals surface area contributed by atoms with Crippen LogP contribution in [0.15, 0.2) is 0 Å². The van der Waals surface area contributed by atoms with E-state index in [-0.39, 0.29) is 0 Å². The first-order valence-corrected chi connectivity index (χ1v) is 7.32. The van der Waals surface area contributed by atoms with Crippen molar-refractivity contribution in [2.24, 2.45) is 11.7 Å². The van der Waals surface area contributed by atoms with Crippen molar-refractivity contribution in [2.45, 2.75) is 31.6 Å². The highest BCUT2D eigenvalue weighted by molar-refractivity contribution is 8.00. The minimum Gasteiger partial charge on any atom is -0.384 e. The number of nitrogens with two attached hydrogens (primary N) is 1. The summed E-state index contributed by atoms with van der Waals surface area (Å²) in [6, 6.07) is 0.481. The lowest BCUT2D eigenvalue weighted by Crippen LogP contribution is -2.51. The van der Waals surface area contributed by atoms with E-state index in [9.17, 15) is 0 Å². The lowest BCUT2D eigenvalue weighted by molar-refractivity contribution is 0.0866. The molecule has 0 saturated carbocycles. The van der Waals surface area contributed by atoms with Gasteiger partial charge in [0.25, 0.3) is 0 Å². The predicted molar refractivity (Wildman–Crippen MR) is 72.0 cm³/mol. The van der Waals surface area contributed by atoms with E-state index in [4.69, 9.17) is 10.5 Å². The summed E-state index contributed by atoms with van der Waals surface area (Å²) in [6.07, 6.45) is 1.26. The molecular weight excluding hydrogens is 220 g/mol. The van der Waals surface area contributed by atoms with Crippen LogP contribution in [0.2, 0.25) is 0 Å². The van der Waals surface area contributed by atoms with Crippen LogP contribution >= 0.6 is 11.8 Å². The number of nitrogens with zero attached hydrogens (tertiary/aromatic N) is 1. The highest BCUT2D eigenvalue weighted by Crippen LogP contribution is 2.24. The van der Waals surface area contributed by atoms with E-state index in [1.54, 1.807) is 7.11 Å². The summed E-state index contributed by atoms with van der Waals surface area (Å²) < 4.78 is 5.24. The first-order chi connectivity index (χ1) is 7.72. The molecule has 0 aliphatic carbocycles. The first-order valence-electron chi connectivity index (χ1n) is 6.27. The Balaban J connectivity index is 2.50. The molecule has 0 aromatic carbocycles. The Morgan fingerprint density at radius 3 is 2.88 bits per heavy atom. The molecule has 1 fully saturated rings. The SMILES string of the molecule is CCC1CN(C(CN)C(C)COC)CCS1. The fraction of sp³-hybridized carbons (Fsp3) is 1.00. The molecule has 2 N–H and O–H groups in total. The van der Waals surface area contributed by atoms with Gasteiger partial charge in [0.15, 0.2) is 0 Å². The van der Waals surface area contributed by atoms with Crippen molar-refractivity contribution in [3.8, 4) is 0 Å². The van der Waals surface area contributed by atoms with Gasteiger partial charge in [-0.25, -0.2) is 0 Å². The van der Waals surface area contributed by atoms with Crippen LogP contribution in [0.5, 0.6) is 0 Å². The van der Waals surface area contributed by atoms with E-state index in [1.165, 1.54) is 25.3 Å². The van der Waals surface area contributed by atoms with E-state index in [1.807, 2.05) is 0 Å². The highest BCUT2D eigenvalue weighted by Gasteiger charge is 2.27. The van der Waals surface area contributed by atoms with Crippen molar-refractivity contribution in [1.29, 1.82) is 0 Å². The monoisotopic (exact) mass is 246 g/mol. The maximum absolute atomic E-state index is 5.92. The summed E-state index contributed by atoms with van der Waals surface area (Å²) in [5.41, 5.74) is 5.92. The topological polar surface area (TPSA) is 38.5 Å². The molecule has 0 amide bonds. The third-order valence-corrected chi connectivity index (χ3v) is 4.79. The van der Waals surface area contributed by atoms with Gasteiger partial charge in [0.2, 0.25) is 0 Å². The molecule has 3 unspecified atom stereocenters. The van der Waals surface area contributed by atoms with E-state index < -0.39 is 0 Å². The summed E-state index contributed by atoms with van der Waals surface area (Å²) in [5, 5.41) is 0.789. The Bertz CT molecular complexity index is 192. The van der Waals surface area contributed by atoms with Crippen molar-refractivity contribution in [1.82, 2.24) is 4.90 Å². The van der Waals surface area contributed by atoms with Crippen LogP contribution in [0.3, 0.4) is 0 Å². The fourth-order valence-corrected chi connectivity index (χ4v) is 3.61. The van der Waals surface area contributed by atoms with Crippen molar-refractivity contribution < 1.29 is 4.74 Å². The summed E-state index contributed by atoms with van der Waals surface area (Å²) in [7, 11) is 1.77. The average molecular weight is 246 g/mol. The van der Waals surface area contributed by atoms with Gasteiger partial charge < -0.3 is 10.5 Å². The van der Waals surface area contributed by atoms with Crippen molar-refractivity contribution in [3.05, 3.63) is 0 Å². The molecule has 4 heteroatoms. The number of rotatable bonds is 6. The van der Waals surface area contributed by atoms with E-state index in [0.717, 1.165) is 18.4 Å². The lowest BCUT2D eigenvalue weighted by Gasteiger charge is -2.39. The zero-order valence-electron chi connectivity index (χ0n) is 10.8. The average Bonchev–Trinajstić information content (AvgIpc) is 2.31. The molecule has 0 bridgehead atoms. The van der Waals surface area contributed by atoms with Crippen LogP contribution in [0, 0.1) is 5.92 Å². The molecule has 96 valence electrons. The number of hydrogen-bond donors (Lipinski definition) is 1. The van der Waals surface area contributed by atoms with E-state index >= 15 is 0 Å². The van der Waals surface area contributed by atoms with Crippen LogP contribution in [-0.2, 0) is 4.74 Å². The van der Waals surface area contributed by atoms with Gasteiger partial charge in [-0.1, -0.05) is 13.8 Å². The quantitative estimate of drug-likeness (QED) is 0.769. The number of hydrogen-bond acceptors (Lipinski definition) is 4. The Hall–Kier alpha value is 0.230. The molecule has 1 aliphatic rings. The molecular formula is C12H26N2OS. The summed E-state index contributed by atoms with van der Waals surface area (Å²) in [4.78, 5) is 2.56. The van der Waals surface area contributed by atoms with Crippen LogP contribution in [-0.4, -0.2) is 55.3 Å². The van der Waals surface area contributed by atoms with E-state index in [0.29, 0.717) is 12.0 Å². The molecule has 0 aromatic rings. The zero-order valence-corrected chi connectivity index (χ0v) is 11.6. The maximum Gasteiger partial charge on any atom is 0.0503 e. The summed E-state index contributed by atoms with van der Waals surface area (Å²) >= 11 is 2.11. The molecule has 1 aliphatic heterocycles. The Labute approximate surface area is 104 Å². The van der Waals surface area contributed by atoms with Crippen LogP contribution < -0.4 is 5.73 Å². The maximum atomic E-state index is 5.92. The van der Waals surface area contributed by atoms with Crippen LogP contribution in [0.1, 0.15) is 20.3 Å². The Morgan fingerprint density at radius 1 is 1.56 bits per heavy atom.